The van der Waals surface area contributed by atoms with Gasteiger partial charge in [-0.05, 0) is 18.2 Å². The molecule has 2 aromatic heterocycles. The van der Waals surface area contributed by atoms with Gasteiger partial charge in [-0.3, -0.25) is 10.4 Å². The van der Waals surface area contributed by atoms with Crippen LogP contribution in [0, 0.1) is 11.3 Å². The SMILES string of the molecule is COc1ccc(-c2cnc(Nc3n[nH]cc3C#N)o2)cc1OC. The Morgan fingerprint density at radius 2 is 2.09 bits per heavy atom. The first-order chi connectivity index (χ1) is 11.2. The predicted molar refractivity (Wildman–Crippen MR) is 81.6 cm³/mol. The first-order valence-corrected chi connectivity index (χ1v) is 6.64. The summed E-state index contributed by atoms with van der Waals surface area (Å²) in [5.41, 5.74) is 1.15. The molecule has 0 amide bonds. The van der Waals surface area contributed by atoms with Crippen LogP contribution in [0.2, 0.25) is 0 Å². The number of H-pyrrole nitrogens is 1. The fourth-order valence-corrected chi connectivity index (χ4v) is 2.03. The number of ether oxygens (including phenoxy) is 2. The standard InChI is InChI=1S/C15H13N5O3/c1-21-11-4-3-9(5-12(11)22-2)13-8-17-15(23-13)19-14-10(6-16)7-18-20-14/h3-5,7-8H,1-2H3,(H2,17,18,19,20). The van der Waals surface area contributed by atoms with E-state index < -0.39 is 0 Å². The summed E-state index contributed by atoms with van der Waals surface area (Å²) in [6.45, 7) is 0. The average Bonchev–Trinajstić information content (AvgIpc) is 3.23. The molecule has 0 saturated heterocycles. The van der Waals surface area contributed by atoms with Crippen molar-refractivity contribution in [1.82, 2.24) is 15.2 Å². The number of hydrogen-bond donors (Lipinski definition) is 2. The molecule has 0 atom stereocenters. The number of aromatic amines is 1. The van der Waals surface area contributed by atoms with Crippen molar-refractivity contribution in [3.63, 3.8) is 0 Å². The third kappa shape index (κ3) is 2.80. The fraction of sp³-hybridized carbons (Fsp3) is 0.133. The van der Waals surface area contributed by atoms with Crippen LogP contribution in [-0.2, 0) is 0 Å². The topological polar surface area (TPSA) is 109 Å². The second kappa shape index (κ2) is 6.11. The van der Waals surface area contributed by atoms with Crippen molar-refractivity contribution in [3.05, 3.63) is 36.2 Å². The molecule has 2 N–H and O–H groups in total. The molecule has 2 heterocycles. The predicted octanol–water partition coefficient (Wildman–Crippen LogP) is 2.70. The van der Waals surface area contributed by atoms with Crippen molar-refractivity contribution in [3.8, 4) is 28.9 Å². The number of rotatable bonds is 5. The summed E-state index contributed by atoms with van der Waals surface area (Å²) in [6, 6.07) is 7.65. The molecule has 0 radical (unpaired) electrons. The molecule has 0 saturated carbocycles. The fourth-order valence-electron chi connectivity index (χ4n) is 2.03. The maximum absolute atomic E-state index is 8.95. The van der Waals surface area contributed by atoms with Crippen LogP contribution in [0.3, 0.4) is 0 Å². The van der Waals surface area contributed by atoms with E-state index in [0.29, 0.717) is 28.6 Å². The molecule has 0 unspecified atom stereocenters. The van der Waals surface area contributed by atoms with Gasteiger partial charge in [-0.15, -0.1) is 0 Å². The molecule has 0 aliphatic rings. The largest absolute Gasteiger partial charge is 0.493 e. The Morgan fingerprint density at radius 3 is 2.83 bits per heavy atom. The van der Waals surface area contributed by atoms with E-state index >= 15 is 0 Å². The zero-order chi connectivity index (χ0) is 16.2. The van der Waals surface area contributed by atoms with E-state index in [4.69, 9.17) is 19.2 Å². The smallest absolute Gasteiger partial charge is 0.300 e. The number of aromatic nitrogens is 3. The normalized spacial score (nSPS) is 10.1. The van der Waals surface area contributed by atoms with Gasteiger partial charge in [0.15, 0.2) is 23.1 Å². The first kappa shape index (κ1) is 14.5. The maximum Gasteiger partial charge on any atom is 0.300 e. The second-order valence-corrected chi connectivity index (χ2v) is 4.48. The molecule has 0 bridgehead atoms. The third-order valence-electron chi connectivity index (χ3n) is 3.16. The zero-order valence-corrected chi connectivity index (χ0v) is 12.5. The number of anilines is 2. The van der Waals surface area contributed by atoms with E-state index in [9.17, 15) is 0 Å². The van der Waals surface area contributed by atoms with Crippen molar-refractivity contribution in [2.24, 2.45) is 0 Å². The van der Waals surface area contributed by atoms with Gasteiger partial charge >= 0.3 is 6.01 Å². The van der Waals surface area contributed by atoms with Gasteiger partial charge in [0.25, 0.3) is 0 Å². The maximum atomic E-state index is 8.95. The van der Waals surface area contributed by atoms with Crippen LogP contribution in [0.1, 0.15) is 5.56 Å². The highest BCUT2D eigenvalue weighted by Crippen LogP contribution is 2.33. The molecular weight excluding hydrogens is 298 g/mol. The molecule has 0 aliphatic carbocycles. The van der Waals surface area contributed by atoms with Crippen molar-refractivity contribution in [2.45, 2.75) is 0 Å². The minimum absolute atomic E-state index is 0.235. The Balaban J connectivity index is 1.86. The van der Waals surface area contributed by atoms with E-state index in [1.807, 2.05) is 12.1 Å². The van der Waals surface area contributed by atoms with Crippen LogP contribution in [0.4, 0.5) is 11.8 Å². The zero-order valence-electron chi connectivity index (χ0n) is 12.5. The summed E-state index contributed by atoms with van der Waals surface area (Å²) in [5.74, 6) is 2.12. The highest BCUT2D eigenvalue weighted by molar-refractivity contribution is 5.64. The Morgan fingerprint density at radius 1 is 1.26 bits per heavy atom. The summed E-state index contributed by atoms with van der Waals surface area (Å²) in [5, 5.41) is 18.3. The number of hydrogen-bond acceptors (Lipinski definition) is 7. The summed E-state index contributed by atoms with van der Waals surface area (Å²) in [6.07, 6.45) is 3.06. The Labute approximate surface area is 131 Å². The number of nitriles is 1. The van der Waals surface area contributed by atoms with E-state index in [1.165, 1.54) is 6.20 Å². The van der Waals surface area contributed by atoms with Crippen LogP contribution in [0.25, 0.3) is 11.3 Å². The lowest BCUT2D eigenvalue weighted by molar-refractivity contribution is 0.355. The van der Waals surface area contributed by atoms with Gasteiger partial charge in [-0.25, -0.2) is 4.98 Å². The van der Waals surface area contributed by atoms with Crippen LogP contribution >= 0.6 is 0 Å². The number of methoxy groups -OCH3 is 2. The minimum Gasteiger partial charge on any atom is -0.493 e. The summed E-state index contributed by atoms with van der Waals surface area (Å²) >= 11 is 0. The molecule has 3 aromatic rings. The number of nitrogens with zero attached hydrogens (tertiary/aromatic N) is 3. The van der Waals surface area contributed by atoms with Crippen molar-refractivity contribution < 1.29 is 13.9 Å². The van der Waals surface area contributed by atoms with Crippen LogP contribution < -0.4 is 14.8 Å². The highest BCUT2D eigenvalue weighted by atomic mass is 16.5. The van der Waals surface area contributed by atoms with Gasteiger partial charge in [-0.2, -0.15) is 10.4 Å². The van der Waals surface area contributed by atoms with Crippen LogP contribution in [0.5, 0.6) is 11.5 Å². The Kier molecular flexibility index (Phi) is 3.84. The molecule has 3 rings (SSSR count). The number of nitrogens with one attached hydrogen (secondary N) is 2. The van der Waals surface area contributed by atoms with E-state index in [-0.39, 0.29) is 6.01 Å². The number of benzene rings is 1. The monoisotopic (exact) mass is 311 g/mol. The molecular formula is C15H13N5O3. The third-order valence-corrected chi connectivity index (χ3v) is 3.16. The van der Waals surface area contributed by atoms with Gasteiger partial charge in [0, 0.05) is 11.8 Å². The lowest BCUT2D eigenvalue weighted by Gasteiger charge is -2.08. The molecule has 8 nitrogen and oxygen atoms in total. The molecule has 8 heteroatoms. The van der Waals surface area contributed by atoms with Gasteiger partial charge in [0.1, 0.15) is 11.6 Å². The molecule has 23 heavy (non-hydrogen) atoms. The lowest BCUT2D eigenvalue weighted by atomic mass is 10.1. The Bertz CT molecular complexity index is 862. The first-order valence-electron chi connectivity index (χ1n) is 6.64. The van der Waals surface area contributed by atoms with Gasteiger partial charge in [-0.1, -0.05) is 0 Å². The molecule has 0 aliphatic heterocycles. The summed E-state index contributed by atoms with van der Waals surface area (Å²) < 4.78 is 16.1. The van der Waals surface area contributed by atoms with Gasteiger partial charge in [0.05, 0.1) is 20.4 Å². The van der Waals surface area contributed by atoms with Gasteiger partial charge < -0.3 is 13.9 Å². The van der Waals surface area contributed by atoms with E-state index in [0.717, 1.165) is 5.56 Å². The Hall–Kier alpha value is -3.47. The summed E-state index contributed by atoms with van der Waals surface area (Å²) in [4.78, 5) is 4.13. The quantitative estimate of drug-likeness (QED) is 0.745. The average molecular weight is 311 g/mol. The molecule has 0 fully saturated rings. The lowest BCUT2D eigenvalue weighted by Crippen LogP contribution is -1.92. The summed E-state index contributed by atoms with van der Waals surface area (Å²) in [7, 11) is 3.14. The van der Waals surface area contributed by atoms with Crippen molar-refractivity contribution in [2.75, 3.05) is 19.5 Å². The van der Waals surface area contributed by atoms with Crippen molar-refractivity contribution in [1.29, 1.82) is 5.26 Å². The van der Waals surface area contributed by atoms with Gasteiger partial charge in [0.2, 0.25) is 0 Å². The number of oxazole rings is 1. The van der Waals surface area contributed by atoms with Crippen LogP contribution in [0.15, 0.2) is 35.0 Å². The molecule has 116 valence electrons. The minimum atomic E-state index is 0.235. The highest BCUT2D eigenvalue weighted by Gasteiger charge is 2.12. The van der Waals surface area contributed by atoms with E-state index in [1.54, 1.807) is 32.5 Å². The second-order valence-electron chi connectivity index (χ2n) is 4.48. The van der Waals surface area contributed by atoms with Crippen LogP contribution in [-0.4, -0.2) is 29.4 Å². The van der Waals surface area contributed by atoms with Crippen molar-refractivity contribution >= 4 is 11.8 Å². The molecule has 1 aromatic carbocycles. The van der Waals surface area contributed by atoms with E-state index in [2.05, 4.69) is 20.5 Å². The molecule has 0 spiro atoms.